The quantitative estimate of drug-likeness (QED) is 0.500. The van der Waals surface area contributed by atoms with Crippen molar-refractivity contribution in [3.8, 4) is 22.8 Å². The molecule has 33 heavy (non-hydrogen) atoms. The number of carbonyl (C=O) groups excluding carboxylic acids is 1. The van der Waals surface area contributed by atoms with Crippen LogP contribution in [-0.4, -0.2) is 35.8 Å². The van der Waals surface area contributed by atoms with Crippen LogP contribution in [-0.2, 0) is 4.74 Å². The van der Waals surface area contributed by atoms with Gasteiger partial charge in [-0.05, 0) is 56.5 Å². The largest absolute Gasteiger partial charge is 0.490 e. The average molecular weight is 455 g/mol. The molecule has 1 atom stereocenters. The number of fused-ring (bicyclic) bond motifs is 7. The van der Waals surface area contributed by atoms with Crippen LogP contribution in [0.5, 0.6) is 11.5 Å². The monoisotopic (exact) mass is 455 g/mol. The minimum Gasteiger partial charge on any atom is -0.490 e. The lowest BCUT2D eigenvalue weighted by molar-refractivity contribution is 0.0593. The number of methoxy groups -OCH3 is 1. The molecule has 0 amide bonds. The number of benzene rings is 2. The molecule has 0 aliphatic carbocycles. The van der Waals surface area contributed by atoms with Crippen LogP contribution >= 0.6 is 0 Å². The number of nitrogens with one attached hydrogen (secondary N) is 1. The summed E-state index contributed by atoms with van der Waals surface area (Å²) in [7, 11) is 1.30. The SMILES string of the molecule is COC(=O)c1ccc2cc1OC(C)CCCCOc1cc(ccc1F)-c1nc(ncc1F)N2. The van der Waals surface area contributed by atoms with Crippen LogP contribution in [0, 0.1) is 11.6 Å². The summed E-state index contributed by atoms with van der Waals surface area (Å²) < 4.78 is 45.2. The summed E-state index contributed by atoms with van der Waals surface area (Å²) in [5.74, 6) is -1.22. The molecule has 1 aliphatic rings. The van der Waals surface area contributed by atoms with Crippen molar-refractivity contribution in [3.05, 3.63) is 59.8 Å². The van der Waals surface area contributed by atoms with Crippen molar-refractivity contribution in [3.63, 3.8) is 0 Å². The summed E-state index contributed by atoms with van der Waals surface area (Å²) in [4.78, 5) is 20.4. The van der Waals surface area contributed by atoms with Crippen molar-refractivity contribution in [2.24, 2.45) is 0 Å². The maximum atomic E-state index is 14.5. The van der Waals surface area contributed by atoms with E-state index >= 15 is 0 Å². The van der Waals surface area contributed by atoms with E-state index in [0.717, 1.165) is 12.6 Å². The first kappa shape index (κ1) is 22.4. The van der Waals surface area contributed by atoms with Crippen molar-refractivity contribution >= 4 is 17.6 Å². The first-order valence-electron chi connectivity index (χ1n) is 10.6. The number of hydrogen-bond donors (Lipinski definition) is 1. The molecule has 4 rings (SSSR count). The van der Waals surface area contributed by atoms with Gasteiger partial charge in [-0.25, -0.2) is 23.5 Å². The van der Waals surface area contributed by atoms with E-state index in [1.54, 1.807) is 18.2 Å². The number of hydrogen-bond acceptors (Lipinski definition) is 7. The van der Waals surface area contributed by atoms with Crippen LogP contribution in [0.4, 0.5) is 20.4 Å². The highest BCUT2D eigenvalue weighted by Crippen LogP contribution is 2.30. The molecule has 0 spiro atoms. The van der Waals surface area contributed by atoms with Gasteiger partial charge < -0.3 is 19.5 Å². The minimum absolute atomic E-state index is 0.00190. The zero-order valence-electron chi connectivity index (χ0n) is 18.2. The Morgan fingerprint density at radius 3 is 2.79 bits per heavy atom. The predicted octanol–water partition coefficient (Wildman–Crippen LogP) is 5.28. The van der Waals surface area contributed by atoms with E-state index in [-0.39, 0.29) is 35.7 Å². The van der Waals surface area contributed by atoms with Gasteiger partial charge in [0.2, 0.25) is 5.95 Å². The molecule has 2 heterocycles. The van der Waals surface area contributed by atoms with Gasteiger partial charge in [-0.1, -0.05) is 0 Å². The molecule has 0 radical (unpaired) electrons. The molecular formula is C24H23F2N3O4. The lowest BCUT2D eigenvalue weighted by atomic mass is 10.1. The number of anilines is 2. The van der Waals surface area contributed by atoms with E-state index in [1.165, 1.54) is 25.3 Å². The molecule has 172 valence electrons. The van der Waals surface area contributed by atoms with Crippen molar-refractivity contribution in [1.82, 2.24) is 9.97 Å². The Hall–Kier alpha value is -3.75. The minimum atomic E-state index is -0.657. The third kappa shape index (κ3) is 5.19. The second-order valence-corrected chi connectivity index (χ2v) is 7.64. The van der Waals surface area contributed by atoms with Gasteiger partial charge in [0.05, 0.1) is 26.0 Å². The molecule has 3 aromatic rings. The molecular weight excluding hydrogens is 432 g/mol. The molecule has 1 aliphatic heterocycles. The van der Waals surface area contributed by atoms with Crippen molar-refractivity contribution in [2.75, 3.05) is 19.0 Å². The van der Waals surface area contributed by atoms with Crippen molar-refractivity contribution in [2.45, 2.75) is 32.3 Å². The number of halogens is 2. The predicted molar refractivity (Wildman–Crippen MR) is 118 cm³/mol. The van der Waals surface area contributed by atoms with Crippen LogP contribution in [0.2, 0.25) is 0 Å². The first-order valence-corrected chi connectivity index (χ1v) is 10.6. The Morgan fingerprint density at radius 2 is 1.97 bits per heavy atom. The Balaban J connectivity index is 1.76. The van der Waals surface area contributed by atoms with E-state index in [9.17, 15) is 13.6 Å². The van der Waals surface area contributed by atoms with Gasteiger partial charge in [-0.15, -0.1) is 0 Å². The molecule has 0 saturated heterocycles. The van der Waals surface area contributed by atoms with E-state index in [2.05, 4.69) is 15.3 Å². The number of nitrogens with zero attached hydrogens (tertiary/aromatic N) is 2. The number of rotatable bonds is 1. The fourth-order valence-electron chi connectivity index (χ4n) is 3.49. The molecule has 7 nitrogen and oxygen atoms in total. The summed E-state index contributed by atoms with van der Waals surface area (Å²) in [5.41, 5.74) is 1.17. The number of carbonyl (C=O) groups is 1. The zero-order valence-corrected chi connectivity index (χ0v) is 18.2. The van der Waals surface area contributed by atoms with Gasteiger partial charge in [0.15, 0.2) is 17.4 Å². The molecule has 1 unspecified atom stereocenters. The van der Waals surface area contributed by atoms with Crippen LogP contribution in [0.25, 0.3) is 11.3 Å². The van der Waals surface area contributed by atoms with Gasteiger partial charge >= 0.3 is 5.97 Å². The van der Waals surface area contributed by atoms with E-state index in [1.807, 2.05) is 6.92 Å². The maximum absolute atomic E-state index is 14.5. The summed E-state index contributed by atoms with van der Waals surface area (Å²) in [6.45, 7) is 2.18. The van der Waals surface area contributed by atoms with Gasteiger partial charge in [-0.3, -0.25) is 0 Å². The Labute approximate surface area is 189 Å². The molecule has 0 saturated carbocycles. The Morgan fingerprint density at radius 1 is 1.12 bits per heavy atom. The highest BCUT2D eigenvalue weighted by molar-refractivity contribution is 5.93. The summed E-state index contributed by atoms with van der Waals surface area (Å²) >= 11 is 0. The number of ether oxygens (including phenoxy) is 3. The van der Waals surface area contributed by atoms with E-state index in [0.29, 0.717) is 29.8 Å². The fourth-order valence-corrected chi connectivity index (χ4v) is 3.49. The average Bonchev–Trinajstić information content (AvgIpc) is 2.80. The zero-order chi connectivity index (χ0) is 23.4. The molecule has 2 aromatic carbocycles. The number of esters is 1. The molecule has 6 bridgehead atoms. The third-order valence-corrected chi connectivity index (χ3v) is 5.18. The Kier molecular flexibility index (Phi) is 6.67. The van der Waals surface area contributed by atoms with E-state index < -0.39 is 17.6 Å². The molecule has 0 fully saturated rings. The maximum Gasteiger partial charge on any atom is 0.341 e. The molecule has 1 aromatic heterocycles. The lowest BCUT2D eigenvalue weighted by Crippen LogP contribution is -2.15. The number of aromatic nitrogens is 2. The standard InChI is InChI=1S/C24H23F2N3O4/c1-14-5-3-4-10-32-21-11-15(6-9-18(21)25)22-19(26)13-27-24(29-22)28-16-7-8-17(23(30)31-2)20(12-16)33-14/h6-9,11-14H,3-5,10H2,1-2H3,(H,27,28,29). The van der Waals surface area contributed by atoms with Gasteiger partial charge in [0.1, 0.15) is 17.0 Å². The molecule has 9 heteroatoms. The van der Waals surface area contributed by atoms with Crippen molar-refractivity contribution in [1.29, 1.82) is 0 Å². The van der Waals surface area contributed by atoms with Gasteiger partial charge in [0, 0.05) is 17.3 Å². The summed E-state index contributed by atoms with van der Waals surface area (Å²) in [6.07, 6.45) is 2.95. The van der Waals surface area contributed by atoms with Gasteiger partial charge in [0.25, 0.3) is 0 Å². The van der Waals surface area contributed by atoms with Crippen LogP contribution in [0.15, 0.2) is 42.6 Å². The normalized spacial score (nSPS) is 15.9. The highest BCUT2D eigenvalue weighted by atomic mass is 19.1. The second-order valence-electron chi connectivity index (χ2n) is 7.64. The second kappa shape index (κ2) is 9.81. The first-order chi connectivity index (χ1) is 15.9. The fraction of sp³-hybridized carbons (Fsp3) is 0.292. The van der Waals surface area contributed by atoms with Crippen LogP contribution in [0.3, 0.4) is 0 Å². The topological polar surface area (TPSA) is 82.6 Å². The third-order valence-electron chi connectivity index (χ3n) is 5.18. The molecule has 1 N–H and O–H groups in total. The van der Waals surface area contributed by atoms with Crippen LogP contribution < -0.4 is 14.8 Å². The highest BCUT2D eigenvalue weighted by Gasteiger charge is 2.18. The smallest absolute Gasteiger partial charge is 0.341 e. The summed E-state index contributed by atoms with van der Waals surface area (Å²) in [6, 6.07) is 8.96. The summed E-state index contributed by atoms with van der Waals surface area (Å²) in [5, 5.41) is 3.00. The van der Waals surface area contributed by atoms with Crippen LogP contribution in [0.1, 0.15) is 36.5 Å². The van der Waals surface area contributed by atoms with Crippen molar-refractivity contribution < 1.29 is 27.8 Å². The Bertz CT molecular complexity index is 1170. The van der Waals surface area contributed by atoms with Gasteiger partial charge in [-0.2, -0.15) is 0 Å². The van der Waals surface area contributed by atoms with E-state index in [4.69, 9.17) is 14.2 Å². The lowest BCUT2D eigenvalue weighted by Gasteiger charge is -2.18.